The van der Waals surface area contributed by atoms with E-state index in [4.69, 9.17) is 4.74 Å². The largest absolute Gasteiger partial charge is 0.483 e. The lowest BCUT2D eigenvalue weighted by molar-refractivity contribution is -0.139. The summed E-state index contributed by atoms with van der Waals surface area (Å²) in [6.45, 7) is 6.00. The molecule has 0 aliphatic carbocycles. The number of carbonyl (C=O) groups excluding carboxylic acids is 2. The number of hydrogen-bond donors (Lipinski definition) is 0. The lowest BCUT2D eigenvalue weighted by Crippen LogP contribution is -2.58. The Labute approximate surface area is 178 Å². The molecule has 1 saturated heterocycles. The van der Waals surface area contributed by atoms with E-state index in [1.165, 1.54) is 12.1 Å². The smallest absolute Gasteiger partial charge is 0.260 e. The number of rotatable bonds is 6. The Bertz CT molecular complexity index is 875. The molecule has 1 heterocycles. The van der Waals surface area contributed by atoms with Crippen LogP contribution >= 0.6 is 15.9 Å². The first-order chi connectivity index (χ1) is 13.9. The quantitative estimate of drug-likeness (QED) is 0.610. The van der Waals surface area contributed by atoms with Gasteiger partial charge in [-0.05, 0) is 49.7 Å². The van der Waals surface area contributed by atoms with Gasteiger partial charge in [-0.3, -0.25) is 14.5 Å². The third-order valence-electron chi connectivity index (χ3n) is 5.18. The maximum Gasteiger partial charge on any atom is 0.260 e. The monoisotopic (exact) mass is 462 g/mol. The van der Waals surface area contributed by atoms with Crippen LogP contribution in [-0.4, -0.2) is 53.8 Å². The molecule has 1 aliphatic heterocycles. The second-order valence-electron chi connectivity index (χ2n) is 7.39. The van der Waals surface area contributed by atoms with Crippen molar-refractivity contribution in [2.24, 2.45) is 0 Å². The highest BCUT2D eigenvalue weighted by atomic mass is 79.9. The van der Waals surface area contributed by atoms with Crippen LogP contribution in [0.5, 0.6) is 5.75 Å². The summed E-state index contributed by atoms with van der Waals surface area (Å²) in [4.78, 5) is 28.1. The van der Waals surface area contributed by atoms with Crippen molar-refractivity contribution in [1.82, 2.24) is 9.80 Å². The van der Waals surface area contributed by atoms with Crippen LogP contribution in [0.3, 0.4) is 0 Å². The molecule has 7 heteroatoms. The molecular weight excluding hydrogens is 439 g/mol. The van der Waals surface area contributed by atoms with E-state index >= 15 is 0 Å². The predicted octanol–water partition coefficient (Wildman–Crippen LogP) is 3.90. The number of benzene rings is 2. The van der Waals surface area contributed by atoms with Crippen LogP contribution < -0.4 is 4.74 Å². The first kappa shape index (κ1) is 21.5. The van der Waals surface area contributed by atoms with Crippen LogP contribution in [0.4, 0.5) is 4.39 Å². The van der Waals surface area contributed by atoms with Crippen LogP contribution in [0, 0.1) is 5.82 Å². The van der Waals surface area contributed by atoms with Gasteiger partial charge in [-0.25, -0.2) is 4.39 Å². The van der Waals surface area contributed by atoms with Crippen molar-refractivity contribution < 1.29 is 18.7 Å². The van der Waals surface area contributed by atoms with Crippen molar-refractivity contribution in [3.05, 3.63) is 63.9 Å². The Hall–Kier alpha value is -2.25. The molecule has 0 bridgehead atoms. The maximum absolute atomic E-state index is 13.1. The maximum atomic E-state index is 13.1. The second-order valence-corrected chi connectivity index (χ2v) is 8.30. The zero-order valence-corrected chi connectivity index (χ0v) is 18.1. The van der Waals surface area contributed by atoms with Gasteiger partial charge in [0.2, 0.25) is 0 Å². The zero-order valence-electron chi connectivity index (χ0n) is 16.5. The van der Waals surface area contributed by atoms with E-state index in [2.05, 4.69) is 27.8 Å². The minimum Gasteiger partial charge on any atom is -0.483 e. The molecule has 1 amide bonds. The fourth-order valence-electron chi connectivity index (χ4n) is 3.56. The summed E-state index contributed by atoms with van der Waals surface area (Å²) in [5, 5.41) is 0. The van der Waals surface area contributed by atoms with E-state index in [1.54, 1.807) is 30.3 Å². The van der Waals surface area contributed by atoms with Crippen molar-refractivity contribution >= 4 is 28.1 Å². The van der Waals surface area contributed by atoms with E-state index in [-0.39, 0.29) is 30.4 Å². The first-order valence-corrected chi connectivity index (χ1v) is 10.3. The van der Waals surface area contributed by atoms with Crippen LogP contribution in [0.2, 0.25) is 0 Å². The zero-order chi connectivity index (χ0) is 21.0. The molecule has 0 spiro atoms. The second kappa shape index (κ2) is 9.50. The Morgan fingerprint density at radius 3 is 2.59 bits per heavy atom. The SMILES string of the molecule is C[C@@H]1CN(C(=O)COc2ccc(Br)cc2C=O)[C@@H](C)CN1Cc1ccc(F)cc1. The summed E-state index contributed by atoms with van der Waals surface area (Å²) in [5.74, 6) is 0.0480. The number of piperazine rings is 1. The number of aldehydes is 1. The molecule has 0 aromatic heterocycles. The van der Waals surface area contributed by atoms with E-state index in [1.807, 2.05) is 11.8 Å². The summed E-state index contributed by atoms with van der Waals surface area (Å²) < 4.78 is 19.5. The number of amides is 1. The van der Waals surface area contributed by atoms with E-state index < -0.39 is 0 Å². The van der Waals surface area contributed by atoms with Gasteiger partial charge in [0.1, 0.15) is 11.6 Å². The average molecular weight is 463 g/mol. The van der Waals surface area contributed by atoms with Crippen LogP contribution in [0.25, 0.3) is 0 Å². The summed E-state index contributed by atoms with van der Waals surface area (Å²) in [6.07, 6.45) is 0.712. The molecule has 5 nitrogen and oxygen atoms in total. The van der Waals surface area contributed by atoms with Crippen molar-refractivity contribution in [3.8, 4) is 5.75 Å². The highest BCUT2D eigenvalue weighted by Gasteiger charge is 2.32. The molecular formula is C22H24BrFN2O3. The van der Waals surface area contributed by atoms with Crippen molar-refractivity contribution in [2.75, 3.05) is 19.7 Å². The topological polar surface area (TPSA) is 49.9 Å². The molecule has 0 unspecified atom stereocenters. The number of nitrogens with zero attached hydrogens (tertiary/aromatic N) is 2. The first-order valence-electron chi connectivity index (χ1n) is 9.53. The molecule has 1 aliphatic rings. The fraction of sp³-hybridized carbons (Fsp3) is 0.364. The van der Waals surface area contributed by atoms with Gasteiger partial charge in [-0.1, -0.05) is 28.1 Å². The van der Waals surface area contributed by atoms with E-state index in [0.29, 0.717) is 30.7 Å². The van der Waals surface area contributed by atoms with Gasteiger partial charge in [0.05, 0.1) is 5.56 Å². The molecule has 2 aromatic rings. The van der Waals surface area contributed by atoms with Crippen molar-refractivity contribution in [3.63, 3.8) is 0 Å². The van der Waals surface area contributed by atoms with Crippen LogP contribution in [-0.2, 0) is 11.3 Å². The lowest BCUT2D eigenvalue weighted by Gasteiger charge is -2.44. The molecule has 1 fully saturated rings. The number of ether oxygens (including phenoxy) is 1. The summed E-state index contributed by atoms with van der Waals surface area (Å²) in [7, 11) is 0. The molecule has 0 N–H and O–H groups in total. The van der Waals surface area contributed by atoms with Gasteiger partial charge in [-0.15, -0.1) is 0 Å². The van der Waals surface area contributed by atoms with Gasteiger partial charge < -0.3 is 9.64 Å². The Kier molecular flexibility index (Phi) is 7.03. The fourth-order valence-corrected chi connectivity index (χ4v) is 3.93. The highest BCUT2D eigenvalue weighted by Crippen LogP contribution is 2.23. The summed E-state index contributed by atoms with van der Waals surface area (Å²) in [5.41, 5.74) is 1.45. The molecule has 0 radical (unpaired) electrons. The van der Waals surface area contributed by atoms with Gasteiger partial charge >= 0.3 is 0 Å². The molecule has 3 rings (SSSR count). The Morgan fingerprint density at radius 2 is 1.90 bits per heavy atom. The van der Waals surface area contributed by atoms with E-state index in [9.17, 15) is 14.0 Å². The molecule has 2 atom stereocenters. The van der Waals surface area contributed by atoms with Crippen molar-refractivity contribution in [2.45, 2.75) is 32.5 Å². The minimum atomic E-state index is -0.242. The number of carbonyl (C=O) groups is 2. The van der Waals surface area contributed by atoms with Gasteiger partial charge in [0, 0.05) is 36.2 Å². The summed E-state index contributed by atoms with van der Waals surface area (Å²) >= 11 is 3.31. The minimum absolute atomic E-state index is 0.0261. The molecule has 29 heavy (non-hydrogen) atoms. The van der Waals surface area contributed by atoms with Gasteiger partial charge in [0.25, 0.3) is 5.91 Å². The van der Waals surface area contributed by atoms with Gasteiger partial charge in [0.15, 0.2) is 12.9 Å². The molecule has 2 aromatic carbocycles. The Morgan fingerprint density at radius 1 is 1.17 bits per heavy atom. The summed E-state index contributed by atoms with van der Waals surface area (Å²) in [6, 6.07) is 11.8. The van der Waals surface area contributed by atoms with E-state index in [0.717, 1.165) is 16.6 Å². The highest BCUT2D eigenvalue weighted by molar-refractivity contribution is 9.10. The van der Waals surface area contributed by atoms with Crippen LogP contribution in [0.1, 0.15) is 29.8 Å². The normalized spacial score (nSPS) is 19.8. The molecule has 154 valence electrons. The van der Waals surface area contributed by atoms with Crippen molar-refractivity contribution in [1.29, 1.82) is 0 Å². The number of hydrogen-bond acceptors (Lipinski definition) is 4. The lowest BCUT2D eigenvalue weighted by atomic mass is 10.1. The third kappa shape index (κ3) is 5.42. The Balaban J connectivity index is 1.58. The third-order valence-corrected chi connectivity index (χ3v) is 5.68. The van der Waals surface area contributed by atoms with Crippen LogP contribution in [0.15, 0.2) is 46.9 Å². The van der Waals surface area contributed by atoms with Gasteiger partial charge in [-0.2, -0.15) is 0 Å². The molecule has 0 saturated carbocycles. The standard InChI is InChI=1S/C22H24BrFN2O3/c1-15-11-26(16(2)10-25(15)12-17-3-6-20(24)7-4-17)22(28)14-29-21-8-5-19(23)9-18(21)13-27/h3-9,13,15-16H,10-12,14H2,1-2H3/t15-,16+/m1/s1. The average Bonchev–Trinajstić information content (AvgIpc) is 2.70. The number of halogens is 2. The predicted molar refractivity (Wildman–Crippen MR) is 112 cm³/mol.